The largest absolute Gasteiger partial charge is 0.776 e. The number of rotatable bonds is 6. The van der Waals surface area contributed by atoms with Crippen molar-refractivity contribution in [3.63, 3.8) is 0 Å². The number of anilines is 2. The van der Waals surface area contributed by atoms with Crippen molar-refractivity contribution in [3.8, 4) is 0 Å². The van der Waals surface area contributed by atoms with Gasteiger partial charge in [0.15, 0.2) is 34.7 Å². The Kier molecular flexibility index (Phi) is 11.6. The molecule has 2 aliphatic heterocycles. The number of imidazole rings is 2. The van der Waals surface area contributed by atoms with E-state index in [4.69, 9.17) is 37.4 Å². The lowest BCUT2D eigenvalue weighted by Crippen LogP contribution is -2.21. The van der Waals surface area contributed by atoms with Gasteiger partial charge in [0.25, 0.3) is 5.56 Å². The minimum Gasteiger partial charge on any atom is -0.776 e. The Balaban J connectivity index is 0.000000225. The molecule has 43 heavy (non-hydrogen) atoms. The molecule has 0 aliphatic carbocycles. The third-order valence-electron chi connectivity index (χ3n) is 5.76. The van der Waals surface area contributed by atoms with Crippen molar-refractivity contribution in [1.29, 1.82) is 0 Å². The van der Waals surface area contributed by atoms with Gasteiger partial charge in [-0.3, -0.25) is 9.78 Å². The zero-order chi connectivity index (χ0) is 29.5. The molecule has 6 rings (SSSR count). The second-order valence-electron chi connectivity index (χ2n) is 8.87. The topological polar surface area (TPSA) is 292 Å². The summed E-state index contributed by atoms with van der Waals surface area (Å²) in [4.78, 5) is 54.1. The van der Waals surface area contributed by atoms with Crippen LogP contribution in [0, 0.1) is 0 Å². The minimum atomic E-state index is -4.53. The van der Waals surface area contributed by atoms with Crippen molar-refractivity contribution in [2.24, 2.45) is 0 Å². The summed E-state index contributed by atoms with van der Waals surface area (Å²) >= 11 is 8.54. The predicted molar refractivity (Wildman–Crippen MR) is 166 cm³/mol. The minimum absolute atomic E-state index is 0. The van der Waals surface area contributed by atoms with Crippen LogP contribution in [-0.2, 0) is 31.7 Å². The number of nitrogens with two attached hydrogens (primary N) is 2. The molecule has 0 radical (unpaired) electrons. The molecule has 4 aromatic rings. The Morgan fingerprint density at radius 2 is 1.70 bits per heavy atom. The van der Waals surface area contributed by atoms with Crippen LogP contribution < -0.4 is 28.1 Å². The number of ether oxygens (including phenoxy) is 2. The first-order chi connectivity index (χ1) is 19.4. The summed E-state index contributed by atoms with van der Waals surface area (Å²) in [5.74, 6) is 1.25. The lowest BCUT2D eigenvalue weighted by Gasteiger charge is -2.22. The fourth-order valence-corrected chi connectivity index (χ4v) is 8.62. The molecule has 23 heteroatoms. The Morgan fingerprint density at radius 3 is 2.28 bits per heavy atom. The molecule has 4 aromatic heterocycles. The smallest absolute Gasteiger partial charge is 0.378 e. The highest BCUT2D eigenvalue weighted by molar-refractivity contribution is 8.05. The van der Waals surface area contributed by atoms with Crippen LogP contribution in [-0.4, -0.2) is 84.7 Å². The average Bonchev–Trinajstić information content (AvgIpc) is 3.68. The van der Waals surface area contributed by atoms with E-state index in [9.17, 15) is 18.8 Å². The molecule has 2 saturated heterocycles. The molecule has 0 bridgehead atoms. The number of fused-ring (bicyclic) bond motifs is 2. The van der Waals surface area contributed by atoms with Crippen molar-refractivity contribution in [2.75, 3.05) is 29.6 Å². The molecule has 2 fully saturated rings. The summed E-state index contributed by atoms with van der Waals surface area (Å²) < 4.78 is 36.8. The number of nitrogens with one attached hydrogen (secondary N) is 1. The van der Waals surface area contributed by atoms with Gasteiger partial charge >= 0.3 is 13.0 Å². The zero-order valence-corrected chi connectivity index (χ0v) is 26.2. The third kappa shape index (κ3) is 8.02. The van der Waals surface area contributed by atoms with Gasteiger partial charge in [0.1, 0.15) is 12.2 Å². The molecule has 2 aliphatic rings. The predicted octanol–water partition coefficient (Wildman–Crippen LogP) is 1.61. The summed E-state index contributed by atoms with van der Waals surface area (Å²) in [6, 6.07) is 0. The molecule has 0 aromatic carbocycles. The molecule has 6 heterocycles. The van der Waals surface area contributed by atoms with Gasteiger partial charge in [0, 0.05) is 11.5 Å². The number of thioether (sulfide) groups is 2. The van der Waals surface area contributed by atoms with Crippen LogP contribution in [0.3, 0.4) is 0 Å². The molecule has 236 valence electrons. The highest BCUT2D eigenvalue weighted by atomic mass is 35.5. The number of quaternary nitrogens is 1. The van der Waals surface area contributed by atoms with E-state index in [1.54, 1.807) is 29.3 Å². The van der Waals surface area contributed by atoms with Crippen molar-refractivity contribution in [1.82, 2.24) is 45.2 Å². The van der Waals surface area contributed by atoms with E-state index in [0.717, 1.165) is 17.5 Å². The molecule has 0 amide bonds. The van der Waals surface area contributed by atoms with Crippen LogP contribution in [0.4, 0.5) is 11.9 Å². The van der Waals surface area contributed by atoms with Crippen molar-refractivity contribution in [2.45, 2.75) is 43.1 Å². The van der Waals surface area contributed by atoms with Crippen molar-refractivity contribution >= 4 is 84.7 Å². The summed E-state index contributed by atoms with van der Waals surface area (Å²) in [7, 11) is -5.87. The molecule has 6 unspecified atom stereocenters. The first-order valence-corrected chi connectivity index (χ1v) is 17.6. The number of hydrogen-bond acceptors (Lipinski definition) is 15. The first kappa shape index (κ1) is 35.1. The van der Waals surface area contributed by atoms with Gasteiger partial charge in [-0.1, -0.05) is 35.4 Å². The maximum absolute atomic E-state index is 11.6. The Labute approximate surface area is 258 Å². The van der Waals surface area contributed by atoms with Crippen LogP contribution in [0.1, 0.15) is 7.43 Å². The lowest BCUT2D eigenvalue weighted by molar-refractivity contribution is -0.201. The van der Waals surface area contributed by atoms with Crippen LogP contribution in [0.5, 0.6) is 0 Å². The third-order valence-corrected chi connectivity index (χ3v) is 11.9. The average molecular weight is 699 g/mol. The number of nitrogens with zero attached hydrogens (tertiary/aromatic N) is 7. The van der Waals surface area contributed by atoms with Gasteiger partial charge in [0.2, 0.25) is 11.9 Å². The second kappa shape index (κ2) is 14.2. The number of aromatic amines is 1. The van der Waals surface area contributed by atoms with E-state index in [0.29, 0.717) is 29.1 Å². The van der Waals surface area contributed by atoms with Crippen LogP contribution in [0.2, 0.25) is 5.15 Å². The van der Waals surface area contributed by atoms with E-state index in [-0.39, 0.29) is 54.0 Å². The van der Waals surface area contributed by atoms with Gasteiger partial charge in [-0.25, -0.2) is 9.97 Å². The fraction of sp³-hybridized carbons (Fsp3) is 0.500. The molecule has 6 atom stereocenters. The Morgan fingerprint density at radius 1 is 1.12 bits per heavy atom. The van der Waals surface area contributed by atoms with Crippen molar-refractivity contribution in [3.05, 3.63) is 28.2 Å². The van der Waals surface area contributed by atoms with E-state index in [1.807, 2.05) is 4.57 Å². The van der Waals surface area contributed by atoms with Crippen molar-refractivity contribution < 1.29 is 28.4 Å². The lowest BCUT2D eigenvalue weighted by atomic mass is 10.4. The van der Waals surface area contributed by atoms with Crippen LogP contribution in [0.15, 0.2) is 17.4 Å². The summed E-state index contributed by atoms with van der Waals surface area (Å²) in [5.41, 5.74) is 12.2. The monoisotopic (exact) mass is 698 g/mol. The normalized spacial score (nSPS) is 23.2. The summed E-state index contributed by atoms with van der Waals surface area (Å²) in [6.07, 6.45) is 2.56. The maximum Gasteiger partial charge on any atom is 0.378 e. The Bertz CT molecular complexity index is 1720. The molecule has 18 nitrogen and oxygen atoms in total. The van der Waals surface area contributed by atoms with Crippen LogP contribution in [0.25, 0.3) is 22.3 Å². The number of aromatic nitrogens is 8. The number of halogens is 1. The molecule has 0 spiro atoms. The van der Waals surface area contributed by atoms with Gasteiger partial charge in [-0.05, 0) is 0 Å². The maximum atomic E-state index is 11.6. The second-order valence-corrected chi connectivity index (χ2v) is 15.3. The molecule has 10 N–H and O–H groups in total. The van der Waals surface area contributed by atoms with Gasteiger partial charge in [-0.2, -0.15) is 15.0 Å². The van der Waals surface area contributed by atoms with E-state index < -0.39 is 32.2 Å². The SMILES string of the molecule is C.C[P+](=O)C1OC(Cn2cnc3c(Cl)nc(N)nc32)CS1.Nc1nc2c(ncn2CC2CSC(P(=O)([O-])O)O2)c(=O)[nH]1.[NH4+]. The fourth-order valence-electron chi connectivity index (χ4n) is 4.02. The van der Waals surface area contributed by atoms with Gasteiger partial charge in [0.05, 0.1) is 38.0 Å². The highest BCUT2D eigenvalue weighted by Gasteiger charge is 2.37. The molecule has 0 saturated carbocycles. The highest BCUT2D eigenvalue weighted by Crippen LogP contribution is 2.48. The van der Waals surface area contributed by atoms with Crippen LogP contribution >= 0.6 is 50.5 Å². The van der Waals surface area contributed by atoms with E-state index >= 15 is 0 Å². The Hall–Kier alpha value is -2.38. The summed E-state index contributed by atoms with van der Waals surface area (Å²) in [6.45, 7) is 2.49. The van der Waals surface area contributed by atoms with Gasteiger partial charge in [-0.15, -0.1) is 11.8 Å². The molecular weight excluding hydrogens is 668 g/mol. The quantitative estimate of drug-likeness (QED) is 0.141. The number of hydrogen-bond donors (Lipinski definition) is 5. The zero-order valence-electron chi connectivity index (χ0n) is 22.1. The molecular formula is C20H31ClN11O7P2S2+. The first-order valence-electron chi connectivity index (χ1n) is 11.7. The number of H-pyrrole nitrogens is 1. The van der Waals surface area contributed by atoms with E-state index in [2.05, 4.69) is 29.9 Å². The standard InChI is InChI=1S/C10H12ClN5O2PS.C9H12N5O5PS.CH4.H3N/c1-19(17)10-18-5(3-20-10)2-16-4-13-6-7(11)14-9(12)15-8(6)16;10-8-12-6-5(7(15)13-8)11-3-14(6)1-4-2-21-9(19-4)20(16,17)18;;/h4-5,10H,2-3H2,1H3,(H2,12,14,15);3-4,9H,1-2H2,(H2,16,17,18)(H3,10,12,13,15);1H4;1H3/q+1;;;. The summed E-state index contributed by atoms with van der Waals surface area (Å²) in [5, 5.41) is -1.26. The van der Waals surface area contributed by atoms with Gasteiger partial charge < -0.3 is 50.6 Å². The van der Waals surface area contributed by atoms with E-state index in [1.165, 1.54) is 6.33 Å². The number of nitrogen functional groups attached to an aromatic ring is 2.